The molecule has 0 aliphatic carbocycles. The van der Waals surface area contributed by atoms with Crippen molar-refractivity contribution in [1.82, 2.24) is 14.7 Å². The van der Waals surface area contributed by atoms with Crippen molar-refractivity contribution in [2.75, 3.05) is 38.6 Å². The van der Waals surface area contributed by atoms with Crippen molar-refractivity contribution in [2.45, 2.75) is 58.3 Å². The molecule has 0 unspecified atom stereocenters. The lowest BCUT2D eigenvalue weighted by molar-refractivity contribution is -0.130. The Labute approximate surface area is 235 Å². The summed E-state index contributed by atoms with van der Waals surface area (Å²) in [5.41, 5.74) is 2.24. The van der Waals surface area contributed by atoms with Crippen LogP contribution < -0.4 is 10.1 Å². The van der Waals surface area contributed by atoms with Gasteiger partial charge in [-0.2, -0.15) is 0 Å². The summed E-state index contributed by atoms with van der Waals surface area (Å²) in [4.78, 5) is 32.7. The van der Waals surface area contributed by atoms with Crippen molar-refractivity contribution in [3.05, 3.63) is 64.4 Å². The maximum Gasteiger partial charge on any atom is 0.246 e. The van der Waals surface area contributed by atoms with Crippen molar-refractivity contribution in [1.29, 1.82) is 0 Å². The molecule has 2 aliphatic rings. The molecule has 2 heterocycles. The number of hydrogen-bond acceptors (Lipinski definition) is 5. The minimum absolute atomic E-state index is 0.0136. The van der Waals surface area contributed by atoms with E-state index in [-0.39, 0.29) is 35.8 Å². The summed E-state index contributed by atoms with van der Waals surface area (Å²) in [6, 6.07) is 10.0. The first-order valence-electron chi connectivity index (χ1n) is 13.6. The second-order valence-corrected chi connectivity index (χ2v) is 11.0. The molecule has 7 nitrogen and oxygen atoms in total. The largest absolute Gasteiger partial charge is 0.495 e. The molecule has 0 bridgehead atoms. The van der Waals surface area contributed by atoms with Crippen LogP contribution in [-0.4, -0.2) is 77.9 Å². The van der Waals surface area contributed by atoms with Gasteiger partial charge in [-0.25, -0.2) is 4.39 Å². The number of nitrogens with one attached hydrogen (secondary N) is 1. The molecular formula is C30H38ClFN4O3. The molecule has 2 aromatic rings. The average molecular weight is 557 g/mol. The molecule has 9 heteroatoms. The minimum Gasteiger partial charge on any atom is -0.495 e. The number of hydrogen-bond donors (Lipinski definition) is 1. The average Bonchev–Trinajstić information content (AvgIpc) is 3.40. The number of methoxy groups -OCH3 is 1. The number of carbonyl (C=O) groups is 2. The van der Waals surface area contributed by atoms with Gasteiger partial charge in [-0.05, 0) is 76.1 Å². The second-order valence-electron chi connectivity index (χ2n) is 10.6. The van der Waals surface area contributed by atoms with Crippen LogP contribution in [0.3, 0.4) is 0 Å². The van der Waals surface area contributed by atoms with Crippen molar-refractivity contribution in [3.63, 3.8) is 0 Å². The molecule has 2 saturated heterocycles. The summed E-state index contributed by atoms with van der Waals surface area (Å²) < 4.78 is 18.6. The maximum atomic E-state index is 13.2. The van der Waals surface area contributed by atoms with E-state index in [2.05, 4.69) is 29.0 Å². The molecule has 210 valence electrons. The number of nitrogens with zero attached hydrogens (tertiary/aromatic N) is 3. The summed E-state index contributed by atoms with van der Waals surface area (Å²) in [7, 11) is 1.53. The lowest BCUT2D eigenvalue weighted by Gasteiger charge is -2.39. The number of likely N-dealkylation sites (tertiary alicyclic amines) is 1. The molecule has 2 aromatic carbocycles. The van der Waals surface area contributed by atoms with Gasteiger partial charge >= 0.3 is 0 Å². The molecule has 0 aromatic heterocycles. The Hall–Kier alpha value is -2.94. The Morgan fingerprint density at radius 2 is 1.92 bits per heavy atom. The number of anilines is 1. The summed E-state index contributed by atoms with van der Waals surface area (Å²) in [6.07, 6.45) is 5.04. The van der Waals surface area contributed by atoms with Crippen LogP contribution in [0.2, 0.25) is 5.02 Å². The highest BCUT2D eigenvalue weighted by Crippen LogP contribution is 2.33. The number of ether oxygens (including phenoxy) is 1. The Morgan fingerprint density at radius 3 is 2.59 bits per heavy atom. The number of piperazine rings is 1. The van der Waals surface area contributed by atoms with Gasteiger partial charge in [-0.1, -0.05) is 23.7 Å². The van der Waals surface area contributed by atoms with E-state index in [0.29, 0.717) is 35.1 Å². The maximum absolute atomic E-state index is 13.2. The first-order valence-corrected chi connectivity index (χ1v) is 13.9. The normalized spacial score (nSPS) is 20.6. The van der Waals surface area contributed by atoms with Gasteiger partial charge in [-0.3, -0.25) is 19.4 Å². The van der Waals surface area contributed by atoms with Crippen molar-refractivity contribution in [2.24, 2.45) is 0 Å². The zero-order valence-corrected chi connectivity index (χ0v) is 23.9. The van der Waals surface area contributed by atoms with Gasteiger partial charge < -0.3 is 15.0 Å². The highest BCUT2D eigenvalue weighted by atomic mass is 35.5. The number of halogens is 2. The SMILES string of the molecule is COc1cc(C=CC(=O)N2CCN(Cc3ccc(F)cc3)C[C@H]2C)c(NC(=O)[C@@H]2CCCN2C(C)C)cc1Cl. The fourth-order valence-corrected chi connectivity index (χ4v) is 5.73. The fourth-order valence-electron chi connectivity index (χ4n) is 5.49. The molecule has 0 radical (unpaired) electrons. The van der Waals surface area contributed by atoms with E-state index in [1.807, 2.05) is 11.8 Å². The third-order valence-electron chi connectivity index (χ3n) is 7.56. The van der Waals surface area contributed by atoms with Crippen LogP contribution in [0.4, 0.5) is 10.1 Å². The lowest BCUT2D eigenvalue weighted by atomic mass is 10.1. The molecule has 2 aliphatic heterocycles. The first-order chi connectivity index (χ1) is 18.7. The summed E-state index contributed by atoms with van der Waals surface area (Å²) in [5.74, 6) is 0.0480. The lowest BCUT2D eigenvalue weighted by Crippen LogP contribution is -2.53. The second kappa shape index (κ2) is 12.9. The standard InChI is InChI=1S/C30H38ClFN4O3/c1-20(2)35-13-5-6-27(35)30(38)33-26-17-25(31)28(39-4)16-23(26)9-12-29(37)36-15-14-34(18-21(36)3)19-22-7-10-24(32)11-8-22/h7-12,16-17,20-21,27H,5-6,13-15,18-19H2,1-4H3,(H,33,38)/t21-,27+/m1/s1. The third kappa shape index (κ3) is 7.18. The fraction of sp³-hybridized carbons (Fsp3) is 0.467. The summed E-state index contributed by atoms with van der Waals surface area (Å²) in [6.45, 7) is 9.87. The van der Waals surface area contributed by atoms with Crippen LogP contribution in [0.25, 0.3) is 6.08 Å². The van der Waals surface area contributed by atoms with E-state index in [1.54, 1.807) is 36.4 Å². The molecule has 2 atom stereocenters. The quantitative estimate of drug-likeness (QED) is 0.461. The zero-order chi connectivity index (χ0) is 28.1. The molecular weight excluding hydrogens is 519 g/mol. The zero-order valence-electron chi connectivity index (χ0n) is 23.1. The Balaban J connectivity index is 1.44. The number of carbonyl (C=O) groups excluding carboxylic acids is 2. The van der Waals surface area contributed by atoms with Gasteiger partial charge in [0.1, 0.15) is 11.6 Å². The minimum atomic E-state index is -0.244. The smallest absolute Gasteiger partial charge is 0.246 e. The Bertz CT molecular complexity index is 1200. The van der Waals surface area contributed by atoms with Crippen LogP contribution in [0.1, 0.15) is 44.7 Å². The van der Waals surface area contributed by atoms with E-state index >= 15 is 0 Å². The number of amides is 2. The Morgan fingerprint density at radius 1 is 1.18 bits per heavy atom. The molecule has 39 heavy (non-hydrogen) atoms. The molecule has 4 rings (SSSR count). The van der Waals surface area contributed by atoms with Gasteiger partial charge in [0.15, 0.2) is 0 Å². The molecule has 0 saturated carbocycles. The van der Waals surface area contributed by atoms with Gasteiger partial charge in [0, 0.05) is 55.6 Å². The molecule has 1 N–H and O–H groups in total. The topological polar surface area (TPSA) is 65.1 Å². The van der Waals surface area contributed by atoms with Crippen molar-refractivity contribution < 1.29 is 18.7 Å². The molecule has 2 fully saturated rings. The van der Waals surface area contributed by atoms with Crippen LogP contribution in [0.15, 0.2) is 42.5 Å². The summed E-state index contributed by atoms with van der Waals surface area (Å²) >= 11 is 6.40. The van der Waals surface area contributed by atoms with E-state index in [0.717, 1.165) is 38.0 Å². The van der Waals surface area contributed by atoms with Crippen LogP contribution in [0, 0.1) is 5.82 Å². The highest BCUT2D eigenvalue weighted by molar-refractivity contribution is 6.32. The van der Waals surface area contributed by atoms with E-state index < -0.39 is 0 Å². The van der Waals surface area contributed by atoms with Crippen LogP contribution >= 0.6 is 11.6 Å². The first kappa shape index (κ1) is 29.1. The van der Waals surface area contributed by atoms with Gasteiger partial charge in [0.25, 0.3) is 0 Å². The predicted molar refractivity (Wildman–Crippen MR) is 153 cm³/mol. The van der Waals surface area contributed by atoms with E-state index in [4.69, 9.17) is 16.3 Å². The molecule has 2 amide bonds. The van der Waals surface area contributed by atoms with Crippen LogP contribution in [-0.2, 0) is 16.1 Å². The van der Waals surface area contributed by atoms with Gasteiger partial charge in [-0.15, -0.1) is 0 Å². The van der Waals surface area contributed by atoms with Crippen molar-refractivity contribution in [3.8, 4) is 5.75 Å². The molecule has 0 spiro atoms. The van der Waals surface area contributed by atoms with E-state index in [9.17, 15) is 14.0 Å². The van der Waals surface area contributed by atoms with Crippen molar-refractivity contribution >= 4 is 35.2 Å². The number of rotatable bonds is 8. The summed E-state index contributed by atoms with van der Waals surface area (Å²) in [5, 5.41) is 3.43. The monoisotopic (exact) mass is 556 g/mol. The Kier molecular flexibility index (Phi) is 9.64. The third-order valence-corrected chi connectivity index (χ3v) is 7.86. The van der Waals surface area contributed by atoms with Gasteiger partial charge in [0.05, 0.1) is 18.2 Å². The predicted octanol–water partition coefficient (Wildman–Crippen LogP) is 5.05. The van der Waals surface area contributed by atoms with E-state index in [1.165, 1.54) is 19.2 Å². The van der Waals surface area contributed by atoms with Gasteiger partial charge in [0.2, 0.25) is 11.8 Å². The van der Waals surface area contributed by atoms with Crippen LogP contribution in [0.5, 0.6) is 5.75 Å². The number of benzene rings is 2. The highest BCUT2D eigenvalue weighted by Gasteiger charge is 2.32.